The molecule has 220 valence electrons. The normalized spacial score (nSPS) is 12.8. The molecular weight excluding hydrogens is 585 g/mol. The van der Waals surface area contributed by atoms with Gasteiger partial charge < -0.3 is 15.0 Å². The molecule has 2 amide bonds. The number of methoxy groups -OCH3 is 1. The molecule has 0 saturated heterocycles. The molecule has 0 unspecified atom stereocenters. The molecule has 41 heavy (non-hydrogen) atoms. The number of sulfonamides is 1. The SMILES string of the molecule is CC[C@H](C)NC(=O)[C@H](C)N(Cc1cccc(OC)c1)C(=O)CN(c1cccc(Cl)c1Cl)S(=O)(=O)c1ccc(C)cc1. The number of ether oxygens (including phenoxy) is 1. The lowest BCUT2D eigenvalue weighted by molar-refractivity contribution is -0.139. The van der Waals surface area contributed by atoms with Gasteiger partial charge in [-0.15, -0.1) is 0 Å². The van der Waals surface area contributed by atoms with E-state index in [1.54, 1.807) is 49.4 Å². The lowest BCUT2D eigenvalue weighted by Gasteiger charge is -2.32. The Hall–Kier alpha value is -3.27. The van der Waals surface area contributed by atoms with Gasteiger partial charge >= 0.3 is 0 Å². The van der Waals surface area contributed by atoms with Crippen molar-refractivity contribution in [1.82, 2.24) is 10.2 Å². The maximum atomic E-state index is 14.0. The van der Waals surface area contributed by atoms with Crippen LogP contribution in [0.2, 0.25) is 10.0 Å². The second kappa shape index (κ2) is 14.1. The molecule has 3 aromatic rings. The van der Waals surface area contributed by atoms with Crippen molar-refractivity contribution in [2.75, 3.05) is 18.0 Å². The summed E-state index contributed by atoms with van der Waals surface area (Å²) in [7, 11) is -2.73. The van der Waals surface area contributed by atoms with E-state index < -0.39 is 28.5 Å². The molecule has 0 saturated carbocycles. The first-order valence-corrected chi connectivity index (χ1v) is 15.3. The number of aryl methyl sites for hydroxylation is 1. The Labute approximate surface area is 252 Å². The summed E-state index contributed by atoms with van der Waals surface area (Å²) in [4.78, 5) is 28.6. The van der Waals surface area contributed by atoms with E-state index in [0.29, 0.717) is 17.7 Å². The Balaban J connectivity index is 2.08. The summed E-state index contributed by atoms with van der Waals surface area (Å²) in [5, 5.41) is 3.03. The smallest absolute Gasteiger partial charge is 0.264 e. The van der Waals surface area contributed by atoms with Crippen LogP contribution in [0, 0.1) is 6.92 Å². The number of benzene rings is 3. The first-order chi connectivity index (χ1) is 19.4. The molecule has 0 aromatic heterocycles. The Morgan fingerprint density at radius 2 is 1.66 bits per heavy atom. The Kier molecular flexibility index (Phi) is 11.1. The minimum Gasteiger partial charge on any atom is -0.497 e. The van der Waals surface area contributed by atoms with Gasteiger partial charge in [-0.1, -0.05) is 66.0 Å². The molecule has 0 radical (unpaired) electrons. The van der Waals surface area contributed by atoms with Crippen molar-refractivity contribution in [3.63, 3.8) is 0 Å². The van der Waals surface area contributed by atoms with E-state index in [1.165, 1.54) is 36.3 Å². The standard InChI is InChI=1S/C30H35Cl2N3O5S/c1-6-21(3)33-30(37)22(4)34(18-23-9-7-10-24(17-23)40-5)28(36)19-35(27-12-8-11-26(31)29(27)32)41(38,39)25-15-13-20(2)14-16-25/h7-17,21-22H,6,18-19H2,1-5H3,(H,33,37)/t21-,22-/m0/s1. The molecule has 0 aliphatic heterocycles. The van der Waals surface area contributed by atoms with E-state index in [1.807, 2.05) is 20.8 Å². The van der Waals surface area contributed by atoms with Crippen LogP contribution in [-0.4, -0.2) is 50.9 Å². The Morgan fingerprint density at radius 3 is 2.29 bits per heavy atom. The maximum Gasteiger partial charge on any atom is 0.264 e. The molecule has 0 spiro atoms. The molecule has 3 aromatic carbocycles. The monoisotopic (exact) mass is 619 g/mol. The highest BCUT2D eigenvalue weighted by Crippen LogP contribution is 2.35. The van der Waals surface area contributed by atoms with E-state index in [2.05, 4.69) is 5.32 Å². The number of amides is 2. The van der Waals surface area contributed by atoms with Crippen LogP contribution in [0.5, 0.6) is 5.75 Å². The fourth-order valence-electron chi connectivity index (χ4n) is 4.05. The highest BCUT2D eigenvalue weighted by molar-refractivity contribution is 7.92. The van der Waals surface area contributed by atoms with Crippen molar-refractivity contribution < 1.29 is 22.7 Å². The summed E-state index contributed by atoms with van der Waals surface area (Å²) < 4.78 is 34.2. The van der Waals surface area contributed by atoms with Gasteiger partial charge in [0.05, 0.1) is 27.7 Å². The third kappa shape index (κ3) is 7.93. The van der Waals surface area contributed by atoms with E-state index in [4.69, 9.17) is 27.9 Å². The van der Waals surface area contributed by atoms with Gasteiger partial charge in [-0.05, 0) is 69.2 Å². The number of carbonyl (C=O) groups is 2. The van der Waals surface area contributed by atoms with Crippen molar-refractivity contribution in [2.24, 2.45) is 0 Å². The van der Waals surface area contributed by atoms with Crippen LogP contribution >= 0.6 is 23.2 Å². The van der Waals surface area contributed by atoms with Crippen LogP contribution in [0.1, 0.15) is 38.3 Å². The molecule has 0 heterocycles. The highest BCUT2D eigenvalue weighted by atomic mass is 35.5. The summed E-state index contributed by atoms with van der Waals surface area (Å²) >= 11 is 12.7. The average molecular weight is 621 g/mol. The average Bonchev–Trinajstić information content (AvgIpc) is 2.95. The lowest BCUT2D eigenvalue weighted by Crippen LogP contribution is -2.52. The van der Waals surface area contributed by atoms with Gasteiger partial charge in [-0.25, -0.2) is 8.42 Å². The van der Waals surface area contributed by atoms with E-state index in [9.17, 15) is 18.0 Å². The van der Waals surface area contributed by atoms with Crippen molar-refractivity contribution in [3.8, 4) is 5.75 Å². The lowest BCUT2D eigenvalue weighted by atomic mass is 10.1. The molecule has 11 heteroatoms. The van der Waals surface area contributed by atoms with E-state index in [0.717, 1.165) is 9.87 Å². The second-order valence-corrected chi connectivity index (χ2v) is 12.4. The van der Waals surface area contributed by atoms with Crippen LogP contribution in [0.4, 0.5) is 5.69 Å². The highest BCUT2D eigenvalue weighted by Gasteiger charge is 2.34. The van der Waals surface area contributed by atoms with Gasteiger partial charge in [0.25, 0.3) is 10.0 Å². The fourth-order valence-corrected chi connectivity index (χ4v) is 5.93. The van der Waals surface area contributed by atoms with Gasteiger partial charge in [-0.2, -0.15) is 0 Å². The van der Waals surface area contributed by atoms with Gasteiger partial charge in [0, 0.05) is 12.6 Å². The summed E-state index contributed by atoms with van der Waals surface area (Å²) in [6, 6.07) is 16.9. The number of hydrogen-bond acceptors (Lipinski definition) is 5. The van der Waals surface area contributed by atoms with Gasteiger partial charge in [-0.3, -0.25) is 13.9 Å². The van der Waals surface area contributed by atoms with E-state index in [-0.39, 0.29) is 39.1 Å². The maximum absolute atomic E-state index is 14.0. The minimum atomic E-state index is -4.27. The third-order valence-electron chi connectivity index (χ3n) is 6.74. The first kappa shape index (κ1) is 32.2. The van der Waals surface area contributed by atoms with Crippen molar-refractivity contribution in [3.05, 3.63) is 87.9 Å². The number of nitrogens with zero attached hydrogens (tertiary/aromatic N) is 2. The molecule has 0 aliphatic carbocycles. The number of carbonyl (C=O) groups excluding carboxylic acids is 2. The summed E-state index contributed by atoms with van der Waals surface area (Å²) in [5.41, 5.74) is 1.62. The molecule has 0 fully saturated rings. The molecular formula is C30H35Cl2N3O5S. The van der Waals surface area contributed by atoms with E-state index >= 15 is 0 Å². The van der Waals surface area contributed by atoms with Crippen molar-refractivity contribution >= 4 is 50.7 Å². The van der Waals surface area contributed by atoms with Crippen LogP contribution < -0.4 is 14.4 Å². The zero-order valence-corrected chi connectivity index (χ0v) is 26.1. The van der Waals surface area contributed by atoms with Crippen LogP contribution in [0.15, 0.2) is 71.6 Å². The Bertz CT molecular complexity index is 1480. The van der Waals surface area contributed by atoms with Gasteiger partial charge in [0.15, 0.2) is 0 Å². The molecule has 8 nitrogen and oxygen atoms in total. The van der Waals surface area contributed by atoms with Gasteiger partial charge in [0.1, 0.15) is 18.3 Å². The zero-order valence-electron chi connectivity index (χ0n) is 23.7. The second-order valence-electron chi connectivity index (χ2n) is 9.76. The van der Waals surface area contributed by atoms with Crippen molar-refractivity contribution in [2.45, 2.75) is 57.6 Å². The third-order valence-corrected chi connectivity index (χ3v) is 9.33. The zero-order chi connectivity index (χ0) is 30.3. The molecule has 3 rings (SSSR count). The number of halogens is 2. The van der Waals surface area contributed by atoms with Crippen LogP contribution in [0.3, 0.4) is 0 Å². The quantitative estimate of drug-likeness (QED) is 0.275. The summed E-state index contributed by atoms with van der Waals surface area (Å²) in [6.45, 7) is 6.68. The number of rotatable bonds is 12. The van der Waals surface area contributed by atoms with Crippen LogP contribution in [-0.2, 0) is 26.2 Å². The molecule has 2 atom stereocenters. The molecule has 0 bridgehead atoms. The number of nitrogens with one attached hydrogen (secondary N) is 1. The van der Waals surface area contributed by atoms with Crippen LogP contribution in [0.25, 0.3) is 0 Å². The number of hydrogen-bond donors (Lipinski definition) is 1. The molecule has 0 aliphatic rings. The summed E-state index contributed by atoms with van der Waals surface area (Å²) in [6.07, 6.45) is 0.706. The fraction of sp³-hybridized carbons (Fsp3) is 0.333. The number of anilines is 1. The largest absolute Gasteiger partial charge is 0.497 e. The predicted molar refractivity (Wildman–Crippen MR) is 163 cm³/mol. The first-order valence-electron chi connectivity index (χ1n) is 13.1. The summed E-state index contributed by atoms with van der Waals surface area (Å²) in [5.74, 6) is -0.378. The minimum absolute atomic E-state index is 0.0143. The van der Waals surface area contributed by atoms with Crippen molar-refractivity contribution in [1.29, 1.82) is 0 Å². The predicted octanol–water partition coefficient (Wildman–Crippen LogP) is 5.84. The Morgan fingerprint density at radius 1 is 1.00 bits per heavy atom. The molecule has 1 N–H and O–H groups in total. The topological polar surface area (TPSA) is 96.0 Å². The van der Waals surface area contributed by atoms with Gasteiger partial charge in [0.2, 0.25) is 11.8 Å².